The van der Waals surface area contributed by atoms with Gasteiger partial charge in [0, 0.05) is 13.5 Å². The molecule has 0 saturated heterocycles. The number of rotatable bonds is 6. The maximum absolute atomic E-state index is 10.8. The smallest absolute Gasteiger partial charge is 0.303 e. The van der Waals surface area contributed by atoms with E-state index in [0.29, 0.717) is 22.7 Å². The Labute approximate surface area is 242 Å². The van der Waals surface area contributed by atoms with Gasteiger partial charge in [-0.05, 0) is 122 Å². The molecule has 5 saturated carbocycles. The Morgan fingerprint density at radius 2 is 1.44 bits per heavy atom. The van der Waals surface area contributed by atoms with Crippen molar-refractivity contribution in [1.29, 1.82) is 0 Å². The minimum absolute atomic E-state index is 0.348. The lowest BCUT2D eigenvalue weighted by Gasteiger charge is -2.61. The minimum Gasteiger partial charge on any atom is -0.481 e. The summed E-state index contributed by atoms with van der Waals surface area (Å²) in [4.78, 5) is 10.8. The summed E-state index contributed by atoms with van der Waals surface area (Å²) in [7, 11) is 1.00. The zero-order chi connectivity index (χ0) is 28.8. The average molecular weight is 547 g/mol. The molecule has 5 rings (SSSR count). The summed E-state index contributed by atoms with van der Waals surface area (Å²) in [5.41, 5.74) is 1.85. The van der Waals surface area contributed by atoms with Gasteiger partial charge in [-0.15, -0.1) is 0 Å². The lowest BCUT2D eigenvalue weighted by molar-refractivity contribution is -0.137. The van der Waals surface area contributed by atoms with Gasteiger partial charge in [-0.3, -0.25) is 4.79 Å². The molecule has 2 N–H and O–H groups in total. The maximum Gasteiger partial charge on any atom is 0.303 e. The Kier molecular flexibility index (Phi) is 11.9. The molecule has 9 atom stereocenters. The second-order valence-corrected chi connectivity index (χ2v) is 15.9. The Morgan fingerprint density at radius 3 is 2.08 bits per heavy atom. The van der Waals surface area contributed by atoms with E-state index in [-0.39, 0.29) is 0 Å². The number of fused-ring (bicyclic) bond motifs is 5. The first-order chi connectivity index (χ1) is 18.5. The molecule has 0 aromatic carbocycles. The maximum atomic E-state index is 10.8. The third-order valence-corrected chi connectivity index (χ3v) is 13.7. The van der Waals surface area contributed by atoms with Gasteiger partial charge in [0.25, 0.3) is 0 Å². The number of carboxylic acids is 1. The zero-order valence-corrected chi connectivity index (χ0v) is 27.1. The highest BCUT2D eigenvalue weighted by Gasteiger charge is 2.60. The molecular formula is C36H66O3. The number of aliphatic hydroxyl groups is 1. The number of unbranched alkanes of at least 4 members (excludes halogenated alkanes) is 1. The molecule has 0 amide bonds. The molecule has 0 radical (unpaired) electrons. The fourth-order valence-corrected chi connectivity index (χ4v) is 10.9. The van der Waals surface area contributed by atoms with E-state index < -0.39 is 5.97 Å². The van der Waals surface area contributed by atoms with Crippen LogP contribution in [0.15, 0.2) is 0 Å². The van der Waals surface area contributed by atoms with E-state index in [1.807, 2.05) is 0 Å². The number of aliphatic hydroxyl groups excluding tert-OH is 1. The zero-order valence-electron chi connectivity index (χ0n) is 27.1. The second-order valence-electron chi connectivity index (χ2n) is 15.9. The third kappa shape index (κ3) is 7.26. The van der Waals surface area contributed by atoms with Crippen LogP contribution in [-0.2, 0) is 4.79 Å². The Bertz CT molecular complexity index is 760. The molecule has 0 spiro atoms. The van der Waals surface area contributed by atoms with Crippen molar-refractivity contribution in [2.24, 2.45) is 57.7 Å². The first-order valence-electron chi connectivity index (χ1n) is 17.2. The Morgan fingerprint density at radius 1 is 0.769 bits per heavy atom. The van der Waals surface area contributed by atoms with E-state index in [1.54, 1.807) is 0 Å². The molecule has 0 aliphatic heterocycles. The number of hydrogen-bond acceptors (Lipinski definition) is 2. The molecule has 8 unspecified atom stereocenters. The molecule has 5 aliphatic carbocycles. The molecule has 5 aliphatic rings. The van der Waals surface area contributed by atoms with E-state index in [9.17, 15) is 4.79 Å². The van der Waals surface area contributed by atoms with Gasteiger partial charge >= 0.3 is 5.97 Å². The predicted octanol–water partition coefficient (Wildman–Crippen LogP) is 10.1. The van der Waals surface area contributed by atoms with Gasteiger partial charge in [0.1, 0.15) is 0 Å². The Balaban J connectivity index is 0.000000322. The highest BCUT2D eigenvalue weighted by Crippen LogP contribution is 2.68. The molecule has 0 aromatic heterocycles. The topological polar surface area (TPSA) is 57.5 Å². The van der Waals surface area contributed by atoms with Gasteiger partial charge in [0.2, 0.25) is 0 Å². The van der Waals surface area contributed by atoms with Crippen LogP contribution in [0.4, 0.5) is 0 Å². The SMILES string of the molecule is CC1CCCCC1(C)C.CO.C[C@H](CCCCC(=O)O)C1CCC2C3CCC4CCCCC4(C)C3CCC21C. The normalized spacial score (nSPS) is 41.3. The van der Waals surface area contributed by atoms with E-state index >= 15 is 0 Å². The van der Waals surface area contributed by atoms with Crippen molar-refractivity contribution in [3.63, 3.8) is 0 Å². The number of carboxylic acid groups (broad SMARTS) is 1. The van der Waals surface area contributed by atoms with Crippen LogP contribution < -0.4 is 0 Å². The van der Waals surface area contributed by atoms with Gasteiger partial charge in [-0.25, -0.2) is 0 Å². The monoisotopic (exact) mass is 547 g/mol. The van der Waals surface area contributed by atoms with E-state index in [1.165, 1.54) is 96.3 Å². The van der Waals surface area contributed by atoms with Crippen molar-refractivity contribution >= 4 is 5.97 Å². The summed E-state index contributed by atoms with van der Waals surface area (Å²) in [5, 5.41) is 15.9. The molecule has 228 valence electrons. The Hall–Kier alpha value is -0.570. The molecule has 39 heavy (non-hydrogen) atoms. The van der Waals surface area contributed by atoms with E-state index in [4.69, 9.17) is 10.2 Å². The van der Waals surface area contributed by atoms with Gasteiger partial charge in [-0.2, -0.15) is 0 Å². The van der Waals surface area contributed by atoms with Crippen LogP contribution in [-0.4, -0.2) is 23.3 Å². The fourth-order valence-electron chi connectivity index (χ4n) is 10.9. The van der Waals surface area contributed by atoms with Crippen molar-refractivity contribution in [2.45, 2.75) is 157 Å². The first kappa shape index (κ1) is 32.9. The summed E-state index contributed by atoms with van der Waals surface area (Å²) in [6.45, 7) is 15.0. The van der Waals surface area contributed by atoms with Crippen molar-refractivity contribution in [3.8, 4) is 0 Å². The highest BCUT2D eigenvalue weighted by atomic mass is 16.4. The first-order valence-corrected chi connectivity index (χ1v) is 17.2. The van der Waals surface area contributed by atoms with Gasteiger partial charge in [0.15, 0.2) is 0 Å². The molecule has 3 heteroatoms. The van der Waals surface area contributed by atoms with Gasteiger partial charge in [0.05, 0.1) is 0 Å². The summed E-state index contributed by atoms with van der Waals surface area (Å²) in [6, 6.07) is 0. The average Bonchev–Trinajstić information content (AvgIpc) is 3.27. The quantitative estimate of drug-likeness (QED) is 0.326. The summed E-state index contributed by atoms with van der Waals surface area (Å²) >= 11 is 0. The van der Waals surface area contributed by atoms with Crippen LogP contribution in [0.2, 0.25) is 0 Å². The minimum atomic E-state index is -0.634. The van der Waals surface area contributed by atoms with Crippen molar-refractivity contribution < 1.29 is 15.0 Å². The lowest BCUT2D eigenvalue weighted by Crippen LogP contribution is -2.53. The van der Waals surface area contributed by atoms with Crippen LogP contribution in [0.1, 0.15) is 157 Å². The molecular weight excluding hydrogens is 480 g/mol. The van der Waals surface area contributed by atoms with Crippen LogP contribution in [0, 0.1) is 57.7 Å². The van der Waals surface area contributed by atoms with Crippen LogP contribution >= 0.6 is 0 Å². The molecule has 0 bridgehead atoms. The highest BCUT2D eigenvalue weighted by molar-refractivity contribution is 5.66. The van der Waals surface area contributed by atoms with E-state index in [2.05, 4.69) is 41.5 Å². The van der Waals surface area contributed by atoms with Crippen LogP contribution in [0.3, 0.4) is 0 Å². The summed E-state index contributed by atoms with van der Waals surface area (Å²) < 4.78 is 0. The van der Waals surface area contributed by atoms with Crippen LogP contribution in [0.25, 0.3) is 0 Å². The second kappa shape index (κ2) is 14.1. The number of carbonyl (C=O) groups is 1. The molecule has 5 fully saturated rings. The molecule has 3 nitrogen and oxygen atoms in total. The predicted molar refractivity (Wildman–Crippen MR) is 165 cm³/mol. The fraction of sp³-hybridized carbons (Fsp3) is 0.972. The van der Waals surface area contributed by atoms with Gasteiger partial charge in [-0.1, -0.05) is 86.5 Å². The summed E-state index contributed by atoms with van der Waals surface area (Å²) in [6.07, 6.45) is 24.2. The van der Waals surface area contributed by atoms with Gasteiger partial charge < -0.3 is 10.2 Å². The number of aliphatic carboxylic acids is 1. The van der Waals surface area contributed by atoms with Crippen molar-refractivity contribution in [3.05, 3.63) is 0 Å². The number of hydrogen-bond donors (Lipinski definition) is 2. The van der Waals surface area contributed by atoms with Crippen LogP contribution in [0.5, 0.6) is 0 Å². The third-order valence-electron chi connectivity index (χ3n) is 13.7. The summed E-state index contributed by atoms with van der Waals surface area (Å²) in [5.74, 6) is 5.96. The standard InChI is InChI=1S/C26H44O2.C9H18.CH4O/c1-18(8-4-5-10-24(27)28)21-13-14-22-20-12-11-19-9-6-7-16-25(19,2)23(20)15-17-26(21,22)3;1-8-6-4-5-7-9(8,2)3;1-2/h18-23H,4-17H2,1-3H3,(H,27,28);8H,4-7H2,1-3H3;2H,1H3/t18-,19?,20?,21?,22?,23?,25?,26?;;/m1../s1. The lowest BCUT2D eigenvalue weighted by atomic mass is 9.44. The largest absolute Gasteiger partial charge is 0.481 e. The van der Waals surface area contributed by atoms with Crippen molar-refractivity contribution in [1.82, 2.24) is 0 Å². The molecule has 0 heterocycles. The van der Waals surface area contributed by atoms with E-state index in [0.717, 1.165) is 61.4 Å². The molecule has 0 aromatic rings. The van der Waals surface area contributed by atoms with Crippen molar-refractivity contribution in [2.75, 3.05) is 7.11 Å².